The molecule has 0 saturated carbocycles. The lowest BCUT2D eigenvalue weighted by Gasteiger charge is -2.16. The molecule has 1 unspecified atom stereocenters. The Morgan fingerprint density at radius 3 is 2.56 bits per heavy atom. The van der Waals surface area contributed by atoms with Crippen molar-refractivity contribution in [1.29, 1.82) is 0 Å². The number of anilines is 1. The number of hydrogen-bond donors (Lipinski definition) is 3. The van der Waals surface area contributed by atoms with Crippen LogP contribution in [0.15, 0.2) is 48.5 Å². The lowest BCUT2D eigenvalue weighted by atomic mass is 10.2. The summed E-state index contributed by atoms with van der Waals surface area (Å²) in [6.45, 7) is 3.67. The van der Waals surface area contributed by atoms with Gasteiger partial charge in [0.1, 0.15) is 5.75 Å². The first-order valence-electron chi connectivity index (χ1n) is 8.26. The largest absolute Gasteiger partial charge is 0.481 e. The van der Waals surface area contributed by atoms with Gasteiger partial charge in [0.15, 0.2) is 11.2 Å². The summed E-state index contributed by atoms with van der Waals surface area (Å²) in [7, 11) is 0. The van der Waals surface area contributed by atoms with E-state index in [0.29, 0.717) is 11.4 Å². The van der Waals surface area contributed by atoms with Crippen molar-refractivity contribution >= 4 is 34.6 Å². The van der Waals surface area contributed by atoms with Crippen LogP contribution in [0.2, 0.25) is 0 Å². The smallest absolute Gasteiger partial charge is 0.279 e. The van der Waals surface area contributed by atoms with Gasteiger partial charge >= 0.3 is 0 Å². The van der Waals surface area contributed by atoms with Gasteiger partial charge in [0.25, 0.3) is 11.6 Å². The predicted octanol–water partition coefficient (Wildman–Crippen LogP) is 2.94. The van der Waals surface area contributed by atoms with Crippen molar-refractivity contribution in [1.82, 2.24) is 10.9 Å². The number of rotatable bonds is 6. The summed E-state index contributed by atoms with van der Waals surface area (Å²) in [5, 5.41) is 13.6. The molecule has 0 bridgehead atoms. The summed E-state index contributed by atoms with van der Waals surface area (Å²) in [6, 6.07) is 13.4. The van der Waals surface area contributed by atoms with Gasteiger partial charge in [-0.25, -0.2) is 0 Å². The highest BCUT2D eigenvalue weighted by molar-refractivity contribution is 7.80. The molecule has 0 radical (unpaired) electrons. The molecular weight excluding hydrogens is 368 g/mol. The maximum Gasteiger partial charge on any atom is 0.279 e. The highest BCUT2D eigenvalue weighted by Crippen LogP contribution is 2.17. The van der Waals surface area contributed by atoms with E-state index in [1.807, 2.05) is 24.3 Å². The molecule has 0 aromatic heterocycles. The van der Waals surface area contributed by atoms with Crippen LogP contribution < -0.4 is 20.9 Å². The zero-order valence-electron chi connectivity index (χ0n) is 14.9. The number of nitro benzene ring substituents is 1. The number of nitrogens with zero attached hydrogens (tertiary/aromatic N) is 1. The first-order chi connectivity index (χ1) is 12.9. The average Bonchev–Trinajstić information content (AvgIpc) is 2.66. The molecule has 0 aliphatic heterocycles. The van der Waals surface area contributed by atoms with E-state index >= 15 is 0 Å². The molecule has 0 spiro atoms. The first-order valence-corrected chi connectivity index (χ1v) is 8.66. The lowest BCUT2D eigenvalue weighted by molar-refractivity contribution is -0.384. The van der Waals surface area contributed by atoms with E-state index < -0.39 is 16.9 Å². The number of non-ortho nitro benzene ring substituents is 1. The third-order valence-corrected chi connectivity index (χ3v) is 3.83. The minimum absolute atomic E-state index is 0.0667. The maximum absolute atomic E-state index is 12.1. The van der Waals surface area contributed by atoms with E-state index in [4.69, 9.17) is 17.0 Å². The Hall–Kier alpha value is -3.20. The van der Waals surface area contributed by atoms with Crippen molar-refractivity contribution < 1.29 is 14.5 Å². The van der Waals surface area contributed by atoms with Gasteiger partial charge in [0.05, 0.1) is 4.92 Å². The van der Waals surface area contributed by atoms with Crippen LogP contribution in [-0.2, 0) is 11.2 Å². The fourth-order valence-electron chi connectivity index (χ4n) is 2.14. The standard InChI is InChI=1S/C18H20N4O4S/c1-3-13-7-9-16(10-8-13)26-12(2)17(23)20-21-18(27)19-14-5-4-6-15(11-14)22(24)25/h4-12H,3H2,1-2H3,(H,20,23)(H2,19,21,27). The topological polar surface area (TPSA) is 106 Å². The molecule has 2 aromatic carbocycles. The van der Waals surface area contributed by atoms with Crippen molar-refractivity contribution in [3.63, 3.8) is 0 Å². The molecule has 142 valence electrons. The molecule has 1 atom stereocenters. The fourth-order valence-corrected chi connectivity index (χ4v) is 2.31. The molecule has 2 rings (SSSR count). The number of carbonyl (C=O) groups is 1. The summed E-state index contributed by atoms with van der Waals surface area (Å²) in [5.41, 5.74) is 6.51. The van der Waals surface area contributed by atoms with Crippen LogP contribution in [0.3, 0.4) is 0 Å². The Morgan fingerprint density at radius 2 is 1.93 bits per heavy atom. The number of nitro groups is 1. The van der Waals surface area contributed by atoms with Crippen LogP contribution in [0.5, 0.6) is 5.75 Å². The van der Waals surface area contributed by atoms with Gasteiger partial charge in [0, 0.05) is 17.8 Å². The quantitative estimate of drug-likeness (QED) is 0.397. The van der Waals surface area contributed by atoms with E-state index in [1.165, 1.54) is 23.8 Å². The van der Waals surface area contributed by atoms with Crippen LogP contribution in [-0.4, -0.2) is 22.0 Å². The van der Waals surface area contributed by atoms with Gasteiger partial charge in [-0.3, -0.25) is 25.8 Å². The number of ether oxygens (including phenoxy) is 1. The van der Waals surface area contributed by atoms with Crippen LogP contribution in [0.1, 0.15) is 19.4 Å². The normalized spacial score (nSPS) is 11.2. The summed E-state index contributed by atoms with van der Waals surface area (Å²) in [5.74, 6) is 0.171. The van der Waals surface area contributed by atoms with E-state index in [2.05, 4.69) is 23.1 Å². The molecule has 9 heteroatoms. The van der Waals surface area contributed by atoms with Gasteiger partial charge in [-0.05, 0) is 49.3 Å². The van der Waals surface area contributed by atoms with E-state index in [0.717, 1.165) is 6.42 Å². The van der Waals surface area contributed by atoms with E-state index in [1.54, 1.807) is 13.0 Å². The number of hydrazine groups is 1. The van der Waals surface area contributed by atoms with Gasteiger partial charge in [0.2, 0.25) is 0 Å². The number of nitrogens with one attached hydrogen (secondary N) is 3. The molecule has 0 saturated heterocycles. The maximum atomic E-state index is 12.1. The molecular formula is C18H20N4O4S. The zero-order chi connectivity index (χ0) is 19.8. The molecule has 8 nitrogen and oxygen atoms in total. The van der Waals surface area contributed by atoms with E-state index in [9.17, 15) is 14.9 Å². The number of hydrogen-bond acceptors (Lipinski definition) is 5. The lowest BCUT2D eigenvalue weighted by Crippen LogP contribution is -2.48. The number of carbonyl (C=O) groups excluding carboxylic acids is 1. The first kappa shape index (κ1) is 20.1. The van der Waals surface area contributed by atoms with Crippen molar-refractivity contribution in [3.05, 3.63) is 64.2 Å². The van der Waals surface area contributed by atoms with Crippen molar-refractivity contribution in [3.8, 4) is 5.75 Å². The van der Waals surface area contributed by atoms with Crippen LogP contribution in [0.4, 0.5) is 11.4 Å². The van der Waals surface area contributed by atoms with Crippen molar-refractivity contribution in [2.45, 2.75) is 26.4 Å². The van der Waals surface area contributed by atoms with Gasteiger partial charge in [-0.15, -0.1) is 0 Å². The SMILES string of the molecule is CCc1ccc(OC(C)C(=O)NNC(=S)Nc2cccc([N+](=O)[O-])c2)cc1. The molecule has 0 heterocycles. The van der Waals surface area contributed by atoms with Crippen molar-refractivity contribution in [2.24, 2.45) is 0 Å². The minimum atomic E-state index is -0.745. The molecule has 0 aliphatic carbocycles. The van der Waals surface area contributed by atoms with E-state index in [-0.39, 0.29) is 10.8 Å². The summed E-state index contributed by atoms with van der Waals surface area (Å²) in [4.78, 5) is 22.4. The Balaban J connectivity index is 1.82. The zero-order valence-corrected chi connectivity index (χ0v) is 15.7. The monoisotopic (exact) mass is 388 g/mol. The third kappa shape index (κ3) is 6.23. The molecule has 2 aromatic rings. The van der Waals surface area contributed by atoms with Crippen LogP contribution in [0, 0.1) is 10.1 Å². The average molecular weight is 388 g/mol. The van der Waals surface area contributed by atoms with Gasteiger partial charge in [-0.2, -0.15) is 0 Å². The van der Waals surface area contributed by atoms with Gasteiger partial charge < -0.3 is 10.1 Å². The van der Waals surface area contributed by atoms with Crippen LogP contribution >= 0.6 is 12.2 Å². The summed E-state index contributed by atoms with van der Waals surface area (Å²) in [6.07, 6.45) is 0.181. The second-order valence-corrected chi connectivity index (χ2v) is 6.04. The number of benzene rings is 2. The predicted molar refractivity (Wildman–Crippen MR) is 107 cm³/mol. The molecule has 0 fully saturated rings. The molecule has 3 N–H and O–H groups in total. The Morgan fingerprint density at radius 1 is 1.22 bits per heavy atom. The second kappa shape index (κ2) is 9.48. The Kier molecular flexibility index (Phi) is 7.07. The Labute approximate surface area is 162 Å². The minimum Gasteiger partial charge on any atom is -0.481 e. The Bertz CT molecular complexity index is 826. The fraction of sp³-hybridized carbons (Fsp3) is 0.222. The van der Waals surface area contributed by atoms with Crippen molar-refractivity contribution in [2.75, 3.05) is 5.32 Å². The number of amides is 1. The summed E-state index contributed by atoms with van der Waals surface area (Å²) < 4.78 is 5.58. The van der Waals surface area contributed by atoms with Crippen LogP contribution in [0.25, 0.3) is 0 Å². The summed E-state index contributed by atoms with van der Waals surface area (Å²) >= 11 is 5.06. The molecule has 0 aliphatic rings. The number of aryl methyl sites for hydroxylation is 1. The second-order valence-electron chi connectivity index (χ2n) is 5.63. The number of thiocarbonyl (C=S) groups is 1. The molecule has 1 amide bonds. The highest BCUT2D eigenvalue weighted by Gasteiger charge is 2.15. The highest BCUT2D eigenvalue weighted by atomic mass is 32.1. The molecule has 27 heavy (non-hydrogen) atoms. The third-order valence-electron chi connectivity index (χ3n) is 3.63. The van der Waals surface area contributed by atoms with Gasteiger partial charge in [-0.1, -0.05) is 25.1 Å².